The highest BCUT2D eigenvalue weighted by Gasteiger charge is 2.23. The SMILES string of the molecule is COc1ccc(I)c(C(O)C(=O)O)c1I. The number of carboxylic acids is 1. The second-order valence-corrected chi connectivity index (χ2v) is 4.96. The number of hydrogen-bond acceptors (Lipinski definition) is 3. The van der Waals surface area contributed by atoms with Crippen molar-refractivity contribution in [2.75, 3.05) is 7.11 Å². The summed E-state index contributed by atoms with van der Waals surface area (Å²) in [5.74, 6) is -0.703. The number of aliphatic carboxylic acids is 1. The lowest BCUT2D eigenvalue weighted by Crippen LogP contribution is -2.14. The lowest BCUT2D eigenvalue weighted by Gasteiger charge is -2.13. The highest BCUT2D eigenvalue weighted by molar-refractivity contribution is 14.1. The molecule has 0 aromatic heterocycles. The molecule has 0 saturated heterocycles. The van der Waals surface area contributed by atoms with Crippen LogP contribution >= 0.6 is 45.2 Å². The molecule has 82 valence electrons. The summed E-state index contributed by atoms with van der Waals surface area (Å²) in [6.45, 7) is 0. The molecule has 6 heteroatoms. The fourth-order valence-corrected chi connectivity index (χ4v) is 3.33. The minimum atomic E-state index is -1.51. The highest BCUT2D eigenvalue weighted by Crippen LogP contribution is 2.32. The molecule has 0 spiro atoms. The number of rotatable bonds is 3. The van der Waals surface area contributed by atoms with Crippen molar-refractivity contribution in [1.29, 1.82) is 0 Å². The molecule has 0 aliphatic carbocycles. The minimum absolute atomic E-state index is 0.378. The molecule has 0 heterocycles. The van der Waals surface area contributed by atoms with Crippen molar-refractivity contribution in [3.63, 3.8) is 0 Å². The third-order valence-corrected chi connectivity index (χ3v) is 3.87. The Balaban J connectivity index is 3.32. The first-order valence-corrected chi connectivity index (χ1v) is 6.07. The van der Waals surface area contributed by atoms with E-state index < -0.39 is 12.1 Å². The fourth-order valence-electron chi connectivity index (χ4n) is 1.08. The predicted octanol–water partition coefficient (Wildman–Crippen LogP) is 2.02. The second kappa shape index (κ2) is 5.30. The van der Waals surface area contributed by atoms with E-state index >= 15 is 0 Å². The molecule has 0 bridgehead atoms. The first kappa shape index (κ1) is 13.0. The number of hydrogen-bond donors (Lipinski definition) is 2. The summed E-state index contributed by atoms with van der Waals surface area (Å²) in [7, 11) is 1.50. The van der Waals surface area contributed by atoms with Crippen molar-refractivity contribution < 1.29 is 19.7 Å². The zero-order valence-corrected chi connectivity index (χ0v) is 12.0. The smallest absolute Gasteiger partial charge is 0.337 e. The molecule has 0 radical (unpaired) electrons. The Morgan fingerprint density at radius 3 is 2.53 bits per heavy atom. The van der Waals surface area contributed by atoms with Gasteiger partial charge in [-0.3, -0.25) is 0 Å². The number of halogens is 2. The highest BCUT2D eigenvalue weighted by atomic mass is 127. The van der Waals surface area contributed by atoms with Crippen LogP contribution in [0.3, 0.4) is 0 Å². The molecule has 0 aliphatic heterocycles. The van der Waals surface area contributed by atoms with E-state index in [1.165, 1.54) is 7.11 Å². The van der Waals surface area contributed by atoms with E-state index in [2.05, 4.69) is 0 Å². The average Bonchev–Trinajstić information content (AvgIpc) is 2.17. The third-order valence-electron chi connectivity index (χ3n) is 1.82. The second-order valence-electron chi connectivity index (χ2n) is 2.72. The molecule has 0 amide bonds. The standard InChI is InChI=1S/C9H8I2O4/c1-15-5-3-2-4(10)6(7(5)11)8(12)9(13)14/h2-3,8,12H,1H3,(H,13,14). The van der Waals surface area contributed by atoms with Gasteiger partial charge in [0, 0.05) is 9.13 Å². The fraction of sp³-hybridized carbons (Fsp3) is 0.222. The van der Waals surface area contributed by atoms with Crippen molar-refractivity contribution in [3.05, 3.63) is 24.8 Å². The minimum Gasteiger partial charge on any atom is -0.496 e. The van der Waals surface area contributed by atoms with Gasteiger partial charge in [-0.05, 0) is 57.3 Å². The Kier molecular flexibility index (Phi) is 4.59. The Labute approximate surface area is 114 Å². The van der Waals surface area contributed by atoms with Crippen LogP contribution < -0.4 is 4.74 Å². The van der Waals surface area contributed by atoms with Crippen LogP contribution in [0.5, 0.6) is 5.75 Å². The molecule has 1 aromatic carbocycles. The number of benzene rings is 1. The maximum absolute atomic E-state index is 10.7. The molecule has 1 rings (SSSR count). The van der Waals surface area contributed by atoms with Gasteiger partial charge in [-0.15, -0.1) is 0 Å². The normalized spacial score (nSPS) is 12.3. The van der Waals surface area contributed by atoms with Crippen LogP contribution in [0.1, 0.15) is 11.7 Å². The van der Waals surface area contributed by atoms with E-state index in [4.69, 9.17) is 9.84 Å². The third kappa shape index (κ3) is 2.72. The summed E-state index contributed by atoms with van der Waals surface area (Å²) in [6.07, 6.45) is -1.51. The van der Waals surface area contributed by atoms with Gasteiger partial charge in [-0.25, -0.2) is 4.79 Å². The maximum atomic E-state index is 10.7. The molecule has 2 N–H and O–H groups in total. The number of ether oxygens (including phenoxy) is 1. The van der Waals surface area contributed by atoms with Crippen LogP contribution in [0.4, 0.5) is 0 Å². The van der Waals surface area contributed by atoms with Gasteiger partial charge in [0.05, 0.1) is 10.7 Å². The van der Waals surface area contributed by atoms with Crippen LogP contribution in [0, 0.1) is 7.14 Å². The first-order chi connectivity index (χ1) is 6.99. The molecule has 1 aromatic rings. The van der Waals surface area contributed by atoms with E-state index in [0.29, 0.717) is 18.5 Å². The quantitative estimate of drug-likeness (QED) is 0.716. The van der Waals surface area contributed by atoms with Crippen molar-refractivity contribution in [1.82, 2.24) is 0 Å². The van der Waals surface area contributed by atoms with Gasteiger partial charge >= 0.3 is 5.97 Å². The van der Waals surface area contributed by atoms with Gasteiger partial charge in [0.1, 0.15) is 5.75 Å². The van der Waals surface area contributed by atoms with Crippen molar-refractivity contribution in [3.8, 4) is 5.75 Å². The van der Waals surface area contributed by atoms with E-state index in [-0.39, 0.29) is 0 Å². The molecular weight excluding hydrogens is 426 g/mol. The van der Waals surface area contributed by atoms with Crippen LogP contribution in [0.2, 0.25) is 0 Å². The van der Waals surface area contributed by atoms with Crippen LogP contribution in [-0.4, -0.2) is 23.3 Å². The Morgan fingerprint density at radius 1 is 1.47 bits per heavy atom. The number of methoxy groups -OCH3 is 1. The number of aliphatic hydroxyl groups excluding tert-OH is 1. The summed E-state index contributed by atoms with van der Waals surface area (Å²) in [6, 6.07) is 3.45. The van der Waals surface area contributed by atoms with Crippen molar-refractivity contribution >= 4 is 51.2 Å². The predicted molar refractivity (Wildman–Crippen MR) is 71.0 cm³/mol. The van der Waals surface area contributed by atoms with Gasteiger partial charge in [-0.1, -0.05) is 0 Å². The number of carbonyl (C=O) groups is 1. The molecule has 4 nitrogen and oxygen atoms in total. The van der Waals surface area contributed by atoms with Gasteiger partial charge in [0.15, 0.2) is 6.10 Å². The zero-order valence-electron chi connectivity index (χ0n) is 7.70. The van der Waals surface area contributed by atoms with Gasteiger partial charge < -0.3 is 14.9 Å². The van der Waals surface area contributed by atoms with Gasteiger partial charge in [0.25, 0.3) is 0 Å². The van der Waals surface area contributed by atoms with E-state index in [1.54, 1.807) is 12.1 Å². The molecule has 0 aliphatic rings. The molecule has 1 atom stereocenters. The lowest BCUT2D eigenvalue weighted by atomic mass is 10.1. The van der Waals surface area contributed by atoms with Crippen LogP contribution in [0.15, 0.2) is 12.1 Å². The maximum Gasteiger partial charge on any atom is 0.337 e. The van der Waals surface area contributed by atoms with Crippen molar-refractivity contribution in [2.24, 2.45) is 0 Å². The van der Waals surface area contributed by atoms with E-state index in [9.17, 15) is 9.90 Å². The van der Waals surface area contributed by atoms with Gasteiger partial charge in [-0.2, -0.15) is 0 Å². The van der Waals surface area contributed by atoms with Crippen LogP contribution in [-0.2, 0) is 4.79 Å². The van der Waals surface area contributed by atoms with Crippen LogP contribution in [0.25, 0.3) is 0 Å². The summed E-state index contributed by atoms with van der Waals surface area (Å²) >= 11 is 3.95. The zero-order chi connectivity index (χ0) is 11.6. The summed E-state index contributed by atoms with van der Waals surface area (Å²) in [5.41, 5.74) is 0.378. The Morgan fingerprint density at radius 2 is 2.07 bits per heavy atom. The average molecular weight is 434 g/mol. The largest absolute Gasteiger partial charge is 0.496 e. The molecular formula is C9H8I2O4. The monoisotopic (exact) mass is 434 g/mol. The summed E-state index contributed by atoms with van der Waals surface area (Å²) in [5, 5.41) is 18.3. The molecule has 1 unspecified atom stereocenters. The molecule has 0 fully saturated rings. The number of aliphatic hydroxyl groups is 1. The summed E-state index contributed by atoms with van der Waals surface area (Å²) < 4.78 is 6.38. The summed E-state index contributed by atoms with van der Waals surface area (Å²) in [4.78, 5) is 10.7. The van der Waals surface area contributed by atoms with E-state index in [0.717, 1.165) is 0 Å². The van der Waals surface area contributed by atoms with Gasteiger partial charge in [0.2, 0.25) is 0 Å². The van der Waals surface area contributed by atoms with Crippen molar-refractivity contribution in [2.45, 2.75) is 6.10 Å². The Bertz CT molecular complexity index is 392. The molecule has 0 saturated carbocycles. The number of carboxylic acid groups (broad SMARTS) is 1. The first-order valence-electron chi connectivity index (χ1n) is 3.91. The topological polar surface area (TPSA) is 66.8 Å². The lowest BCUT2D eigenvalue weighted by molar-refractivity contribution is -0.147. The van der Waals surface area contributed by atoms with E-state index in [1.807, 2.05) is 45.2 Å². The molecule has 15 heavy (non-hydrogen) atoms. The Hall–Kier alpha value is -0.0900.